The summed E-state index contributed by atoms with van der Waals surface area (Å²) in [6.45, 7) is 9.29. The highest BCUT2D eigenvalue weighted by molar-refractivity contribution is 4.80. The van der Waals surface area contributed by atoms with Crippen LogP contribution in [0.2, 0.25) is 0 Å². The van der Waals surface area contributed by atoms with Gasteiger partial charge in [0.1, 0.15) is 0 Å². The van der Waals surface area contributed by atoms with E-state index in [4.69, 9.17) is 4.74 Å². The normalized spacial score (nSPS) is 19.6. The maximum absolute atomic E-state index is 5.11. The van der Waals surface area contributed by atoms with Gasteiger partial charge in [0.15, 0.2) is 0 Å². The van der Waals surface area contributed by atoms with Gasteiger partial charge in [0, 0.05) is 5.41 Å². The average Bonchev–Trinajstić information content (AvgIpc) is 2.01. The van der Waals surface area contributed by atoms with Gasteiger partial charge in [0.25, 0.3) is 0 Å². The molecule has 0 aromatic rings. The lowest BCUT2D eigenvalue weighted by Crippen LogP contribution is -2.41. The first-order chi connectivity index (χ1) is 5.27. The fraction of sp³-hybridized carbons (Fsp3) is 1.00. The van der Waals surface area contributed by atoms with Gasteiger partial charge in [0.05, 0.1) is 13.2 Å². The zero-order valence-electron chi connectivity index (χ0n) is 8.24. The molecule has 1 N–H and O–H groups in total. The third-order valence-electron chi connectivity index (χ3n) is 1.88. The summed E-state index contributed by atoms with van der Waals surface area (Å²) < 4.78 is 5.11. The van der Waals surface area contributed by atoms with Crippen molar-refractivity contribution in [3.05, 3.63) is 0 Å². The number of nitrogens with one attached hydrogen (secondary N) is 1. The molecule has 1 aliphatic heterocycles. The molecule has 0 aromatic heterocycles. The molecule has 1 rings (SSSR count). The predicted octanol–water partition coefficient (Wildman–Crippen LogP) is 1.66. The molecule has 1 fully saturated rings. The third kappa shape index (κ3) is 3.73. The van der Waals surface area contributed by atoms with Crippen molar-refractivity contribution in [1.82, 2.24) is 5.32 Å². The largest absolute Gasteiger partial charge is 0.380 e. The van der Waals surface area contributed by atoms with Gasteiger partial charge >= 0.3 is 0 Å². The van der Waals surface area contributed by atoms with E-state index in [1.807, 2.05) is 20.9 Å². The van der Waals surface area contributed by atoms with Gasteiger partial charge < -0.3 is 10.1 Å². The Bertz CT molecular complexity index is 89.6. The Kier molecular flexibility index (Phi) is 5.51. The highest BCUT2D eigenvalue weighted by Crippen LogP contribution is 2.29. The quantitative estimate of drug-likeness (QED) is 0.676. The van der Waals surface area contributed by atoms with Crippen LogP contribution in [0.25, 0.3) is 0 Å². The molecule has 2 heteroatoms. The molecule has 0 atom stereocenters. The van der Waals surface area contributed by atoms with Crippen LogP contribution in [0.4, 0.5) is 0 Å². The molecule has 11 heavy (non-hydrogen) atoms. The molecule has 0 aromatic carbocycles. The number of hydrogen-bond donors (Lipinski definition) is 1. The van der Waals surface area contributed by atoms with Crippen molar-refractivity contribution >= 4 is 0 Å². The van der Waals surface area contributed by atoms with Crippen molar-refractivity contribution in [2.75, 3.05) is 26.8 Å². The van der Waals surface area contributed by atoms with Gasteiger partial charge in [-0.2, -0.15) is 0 Å². The molecule has 1 aliphatic rings. The van der Waals surface area contributed by atoms with Crippen molar-refractivity contribution in [3.8, 4) is 0 Å². The lowest BCUT2D eigenvalue weighted by atomic mass is 9.85. The molecule has 0 spiro atoms. The van der Waals surface area contributed by atoms with Crippen LogP contribution in [0.3, 0.4) is 0 Å². The molecule has 2 nitrogen and oxygen atoms in total. The number of hydrogen-bond acceptors (Lipinski definition) is 2. The van der Waals surface area contributed by atoms with E-state index in [0.717, 1.165) is 19.8 Å². The van der Waals surface area contributed by atoms with Gasteiger partial charge in [-0.15, -0.1) is 0 Å². The van der Waals surface area contributed by atoms with E-state index in [-0.39, 0.29) is 0 Å². The molecule has 0 radical (unpaired) electrons. The van der Waals surface area contributed by atoms with Gasteiger partial charge in [-0.05, 0) is 20.0 Å². The van der Waals surface area contributed by atoms with E-state index in [9.17, 15) is 0 Å². The lowest BCUT2D eigenvalue weighted by molar-refractivity contribution is -0.104. The standard InChI is InChI=1S/C7H15NO.C2H6/c1-7(3-4-8-2)5-9-6-7;1-2/h8H,3-6H2,1-2H3;1-2H3. The highest BCUT2D eigenvalue weighted by Gasteiger charge is 2.32. The summed E-state index contributed by atoms with van der Waals surface area (Å²) in [5.74, 6) is 0. The molecule has 0 bridgehead atoms. The Labute approximate surface area is 70.3 Å². The third-order valence-corrected chi connectivity index (χ3v) is 1.88. The van der Waals surface area contributed by atoms with Crippen molar-refractivity contribution in [2.24, 2.45) is 5.41 Å². The molecule has 0 aliphatic carbocycles. The molecule has 1 saturated heterocycles. The molecule has 0 saturated carbocycles. The van der Waals surface area contributed by atoms with Crippen LogP contribution >= 0.6 is 0 Å². The van der Waals surface area contributed by atoms with Crippen molar-refractivity contribution in [3.63, 3.8) is 0 Å². The van der Waals surface area contributed by atoms with Crippen molar-refractivity contribution < 1.29 is 4.74 Å². The molecule has 0 unspecified atom stereocenters. The van der Waals surface area contributed by atoms with E-state index in [0.29, 0.717) is 5.41 Å². The molecule has 1 heterocycles. The Morgan fingerprint density at radius 1 is 1.36 bits per heavy atom. The first-order valence-electron chi connectivity index (χ1n) is 4.49. The second-order valence-electron chi connectivity index (χ2n) is 3.16. The van der Waals surface area contributed by atoms with Crippen LogP contribution < -0.4 is 5.32 Å². The lowest BCUT2D eigenvalue weighted by Gasteiger charge is -2.38. The van der Waals surface area contributed by atoms with Gasteiger partial charge in [-0.25, -0.2) is 0 Å². The maximum Gasteiger partial charge on any atom is 0.0542 e. The van der Waals surface area contributed by atoms with E-state index in [1.54, 1.807) is 0 Å². The topological polar surface area (TPSA) is 21.3 Å². The van der Waals surface area contributed by atoms with Crippen molar-refractivity contribution in [2.45, 2.75) is 27.2 Å². The predicted molar refractivity (Wildman–Crippen MR) is 48.8 cm³/mol. The minimum Gasteiger partial charge on any atom is -0.380 e. The molecular formula is C9H21NO. The van der Waals surface area contributed by atoms with Crippen LogP contribution in [0, 0.1) is 5.41 Å². The average molecular weight is 159 g/mol. The molecule has 68 valence electrons. The summed E-state index contributed by atoms with van der Waals surface area (Å²) in [7, 11) is 1.99. The second kappa shape index (κ2) is 5.56. The van der Waals surface area contributed by atoms with Crippen LogP contribution in [-0.4, -0.2) is 26.8 Å². The maximum atomic E-state index is 5.11. The molecule has 0 amide bonds. The molecular weight excluding hydrogens is 138 g/mol. The minimum absolute atomic E-state index is 0.489. The Balaban J connectivity index is 0.000000461. The second-order valence-corrected chi connectivity index (χ2v) is 3.16. The van der Waals surface area contributed by atoms with Gasteiger partial charge in [-0.3, -0.25) is 0 Å². The van der Waals surface area contributed by atoms with Crippen LogP contribution in [0.15, 0.2) is 0 Å². The minimum atomic E-state index is 0.489. The zero-order valence-corrected chi connectivity index (χ0v) is 8.24. The Morgan fingerprint density at radius 3 is 2.18 bits per heavy atom. The summed E-state index contributed by atoms with van der Waals surface area (Å²) in [5.41, 5.74) is 0.489. The van der Waals surface area contributed by atoms with E-state index < -0.39 is 0 Å². The smallest absolute Gasteiger partial charge is 0.0542 e. The summed E-state index contributed by atoms with van der Waals surface area (Å²) in [6, 6.07) is 0. The fourth-order valence-electron chi connectivity index (χ4n) is 1.02. The Hall–Kier alpha value is -0.0800. The zero-order chi connectivity index (χ0) is 8.74. The van der Waals surface area contributed by atoms with Crippen LogP contribution in [-0.2, 0) is 4.74 Å². The van der Waals surface area contributed by atoms with E-state index in [1.165, 1.54) is 6.42 Å². The summed E-state index contributed by atoms with van der Waals surface area (Å²) in [4.78, 5) is 0. The van der Waals surface area contributed by atoms with Crippen LogP contribution in [0.1, 0.15) is 27.2 Å². The summed E-state index contributed by atoms with van der Waals surface area (Å²) >= 11 is 0. The van der Waals surface area contributed by atoms with E-state index in [2.05, 4.69) is 12.2 Å². The summed E-state index contributed by atoms with van der Waals surface area (Å²) in [6.07, 6.45) is 1.24. The van der Waals surface area contributed by atoms with Crippen LogP contribution in [0.5, 0.6) is 0 Å². The number of ether oxygens (including phenoxy) is 1. The van der Waals surface area contributed by atoms with E-state index >= 15 is 0 Å². The number of rotatable bonds is 3. The van der Waals surface area contributed by atoms with Gasteiger partial charge in [0.2, 0.25) is 0 Å². The van der Waals surface area contributed by atoms with Crippen molar-refractivity contribution in [1.29, 1.82) is 0 Å². The first kappa shape index (κ1) is 10.9. The highest BCUT2D eigenvalue weighted by atomic mass is 16.5. The Morgan fingerprint density at radius 2 is 1.91 bits per heavy atom. The summed E-state index contributed by atoms with van der Waals surface area (Å²) in [5, 5.41) is 3.14. The first-order valence-corrected chi connectivity index (χ1v) is 4.49. The monoisotopic (exact) mass is 159 g/mol. The fourth-order valence-corrected chi connectivity index (χ4v) is 1.02. The SMILES string of the molecule is CC.CNCCC1(C)COC1. The van der Waals surface area contributed by atoms with Gasteiger partial charge in [-0.1, -0.05) is 20.8 Å².